The summed E-state index contributed by atoms with van der Waals surface area (Å²) >= 11 is 0. The predicted octanol–water partition coefficient (Wildman–Crippen LogP) is 1.44. The lowest BCUT2D eigenvalue weighted by molar-refractivity contribution is 0.0795. The standard InChI is InChI=1S/C14H21N3O/c1-16-8-6-11(7-9-16)12-4-3-5-13(10-12)14(18)17(2)15/h3-5,10-11H,6-9,15H2,1-2H3. The van der Waals surface area contributed by atoms with Crippen molar-refractivity contribution in [2.24, 2.45) is 5.84 Å². The maximum Gasteiger partial charge on any atom is 0.267 e. The monoisotopic (exact) mass is 247 g/mol. The molecular weight excluding hydrogens is 226 g/mol. The van der Waals surface area contributed by atoms with Crippen LogP contribution in [0.1, 0.15) is 34.7 Å². The van der Waals surface area contributed by atoms with Gasteiger partial charge in [-0.15, -0.1) is 0 Å². The van der Waals surface area contributed by atoms with Crippen molar-refractivity contribution in [3.05, 3.63) is 35.4 Å². The van der Waals surface area contributed by atoms with Gasteiger partial charge < -0.3 is 4.90 Å². The zero-order valence-electron chi connectivity index (χ0n) is 11.1. The van der Waals surface area contributed by atoms with E-state index in [-0.39, 0.29) is 5.91 Å². The fourth-order valence-corrected chi connectivity index (χ4v) is 2.47. The van der Waals surface area contributed by atoms with Crippen LogP contribution in [-0.4, -0.2) is 43.0 Å². The molecule has 2 N–H and O–H groups in total. The molecule has 4 heteroatoms. The van der Waals surface area contributed by atoms with Crippen molar-refractivity contribution in [3.63, 3.8) is 0 Å². The molecule has 0 atom stereocenters. The molecule has 18 heavy (non-hydrogen) atoms. The average molecular weight is 247 g/mol. The van der Waals surface area contributed by atoms with Gasteiger partial charge in [-0.3, -0.25) is 9.80 Å². The molecule has 0 saturated carbocycles. The first kappa shape index (κ1) is 13.1. The largest absolute Gasteiger partial charge is 0.306 e. The lowest BCUT2D eigenvalue weighted by Gasteiger charge is -2.29. The van der Waals surface area contributed by atoms with Crippen LogP contribution in [0.4, 0.5) is 0 Å². The van der Waals surface area contributed by atoms with E-state index in [0.29, 0.717) is 11.5 Å². The van der Waals surface area contributed by atoms with E-state index < -0.39 is 0 Å². The molecule has 2 rings (SSSR count). The molecule has 0 bridgehead atoms. The number of nitrogens with two attached hydrogens (primary N) is 1. The van der Waals surface area contributed by atoms with Crippen molar-refractivity contribution >= 4 is 5.91 Å². The third kappa shape index (κ3) is 2.89. The zero-order valence-corrected chi connectivity index (χ0v) is 11.1. The Morgan fingerprint density at radius 3 is 2.67 bits per heavy atom. The lowest BCUT2D eigenvalue weighted by atomic mass is 9.89. The molecule has 1 fully saturated rings. The van der Waals surface area contributed by atoms with Crippen LogP contribution in [0.2, 0.25) is 0 Å². The number of piperidine rings is 1. The zero-order chi connectivity index (χ0) is 13.1. The van der Waals surface area contributed by atoms with Gasteiger partial charge in [0.05, 0.1) is 0 Å². The summed E-state index contributed by atoms with van der Waals surface area (Å²) in [7, 11) is 3.73. The molecule has 1 heterocycles. The minimum absolute atomic E-state index is 0.134. The highest BCUT2D eigenvalue weighted by Crippen LogP contribution is 2.27. The second kappa shape index (κ2) is 5.50. The fourth-order valence-electron chi connectivity index (χ4n) is 2.47. The van der Waals surface area contributed by atoms with Gasteiger partial charge in [0.15, 0.2) is 0 Å². The second-order valence-electron chi connectivity index (χ2n) is 5.12. The van der Waals surface area contributed by atoms with Gasteiger partial charge in [0.1, 0.15) is 0 Å². The van der Waals surface area contributed by atoms with Gasteiger partial charge >= 0.3 is 0 Å². The molecule has 1 amide bonds. The maximum atomic E-state index is 11.8. The van der Waals surface area contributed by atoms with Crippen molar-refractivity contribution in [3.8, 4) is 0 Å². The number of hydrogen-bond acceptors (Lipinski definition) is 3. The summed E-state index contributed by atoms with van der Waals surface area (Å²) < 4.78 is 0. The molecule has 1 saturated heterocycles. The van der Waals surface area contributed by atoms with Crippen LogP contribution in [0.3, 0.4) is 0 Å². The molecule has 1 aliphatic rings. The Hall–Kier alpha value is -1.39. The van der Waals surface area contributed by atoms with E-state index in [1.54, 1.807) is 7.05 Å². The summed E-state index contributed by atoms with van der Waals surface area (Å²) in [4.78, 5) is 14.2. The first-order valence-corrected chi connectivity index (χ1v) is 6.39. The summed E-state index contributed by atoms with van der Waals surface area (Å²) in [6.07, 6.45) is 2.32. The third-order valence-corrected chi connectivity index (χ3v) is 3.64. The Morgan fingerprint density at radius 1 is 1.39 bits per heavy atom. The van der Waals surface area contributed by atoms with Gasteiger partial charge in [-0.05, 0) is 56.6 Å². The van der Waals surface area contributed by atoms with Crippen LogP contribution in [0.25, 0.3) is 0 Å². The Balaban J connectivity index is 2.14. The van der Waals surface area contributed by atoms with E-state index in [1.165, 1.54) is 5.56 Å². The lowest BCUT2D eigenvalue weighted by Crippen LogP contribution is -2.33. The van der Waals surface area contributed by atoms with E-state index in [4.69, 9.17) is 5.84 Å². The number of rotatable bonds is 2. The van der Waals surface area contributed by atoms with Crippen LogP contribution in [0.5, 0.6) is 0 Å². The number of carbonyl (C=O) groups is 1. The summed E-state index contributed by atoms with van der Waals surface area (Å²) in [5, 5.41) is 1.13. The summed E-state index contributed by atoms with van der Waals surface area (Å²) in [5.74, 6) is 5.92. The van der Waals surface area contributed by atoms with Gasteiger partial charge in [-0.25, -0.2) is 5.84 Å². The average Bonchev–Trinajstić information content (AvgIpc) is 2.38. The van der Waals surface area contributed by atoms with Crippen molar-refractivity contribution in [1.82, 2.24) is 9.91 Å². The van der Waals surface area contributed by atoms with Crippen LogP contribution >= 0.6 is 0 Å². The predicted molar refractivity (Wildman–Crippen MR) is 72.2 cm³/mol. The Labute approximate surface area is 108 Å². The van der Waals surface area contributed by atoms with Crippen LogP contribution in [0.15, 0.2) is 24.3 Å². The van der Waals surface area contributed by atoms with E-state index in [0.717, 1.165) is 30.9 Å². The number of carbonyl (C=O) groups excluding carboxylic acids is 1. The number of benzene rings is 1. The summed E-state index contributed by atoms with van der Waals surface area (Å²) in [5.41, 5.74) is 1.94. The van der Waals surface area contributed by atoms with E-state index in [1.807, 2.05) is 18.2 Å². The number of hydrazine groups is 1. The van der Waals surface area contributed by atoms with Crippen molar-refractivity contribution in [2.45, 2.75) is 18.8 Å². The minimum atomic E-state index is -0.134. The molecule has 0 aliphatic carbocycles. The Kier molecular flexibility index (Phi) is 3.99. The molecule has 0 unspecified atom stereocenters. The minimum Gasteiger partial charge on any atom is -0.306 e. The van der Waals surface area contributed by atoms with E-state index in [9.17, 15) is 4.79 Å². The molecule has 0 aromatic heterocycles. The SMILES string of the molecule is CN1CCC(c2cccc(C(=O)N(C)N)c2)CC1. The smallest absolute Gasteiger partial charge is 0.267 e. The normalized spacial score (nSPS) is 17.7. The first-order valence-electron chi connectivity index (χ1n) is 6.39. The summed E-state index contributed by atoms with van der Waals surface area (Å²) in [6, 6.07) is 7.87. The van der Waals surface area contributed by atoms with Crippen molar-refractivity contribution < 1.29 is 4.79 Å². The quantitative estimate of drug-likeness (QED) is 0.489. The topological polar surface area (TPSA) is 49.6 Å². The van der Waals surface area contributed by atoms with Gasteiger partial charge in [0.25, 0.3) is 5.91 Å². The maximum absolute atomic E-state index is 11.8. The summed E-state index contributed by atoms with van der Waals surface area (Å²) in [6.45, 7) is 2.25. The fraction of sp³-hybridized carbons (Fsp3) is 0.500. The van der Waals surface area contributed by atoms with Crippen molar-refractivity contribution in [1.29, 1.82) is 0 Å². The Bertz CT molecular complexity index is 423. The number of likely N-dealkylation sites (tertiary alicyclic amines) is 1. The molecule has 1 aliphatic heterocycles. The number of amides is 1. The van der Waals surface area contributed by atoms with Gasteiger partial charge in [0, 0.05) is 12.6 Å². The highest BCUT2D eigenvalue weighted by Gasteiger charge is 2.19. The van der Waals surface area contributed by atoms with Crippen LogP contribution in [-0.2, 0) is 0 Å². The van der Waals surface area contributed by atoms with Gasteiger partial charge in [-0.1, -0.05) is 12.1 Å². The molecule has 0 spiro atoms. The number of nitrogens with zero attached hydrogens (tertiary/aromatic N) is 2. The first-order chi connectivity index (χ1) is 8.58. The van der Waals surface area contributed by atoms with Crippen LogP contribution < -0.4 is 5.84 Å². The van der Waals surface area contributed by atoms with Gasteiger partial charge in [-0.2, -0.15) is 0 Å². The van der Waals surface area contributed by atoms with E-state index in [2.05, 4.69) is 18.0 Å². The van der Waals surface area contributed by atoms with Crippen molar-refractivity contribution in [2.75, 3.05) is 27.2 Å². The molecule has 98 valence electrons. The molecule has 4 nitrogen and oxygen atoms in total. The molecule has 0 radical (unpaired) electrons. The van der Waals surface area contributed by atoms with Gasteiger partial charge in [0.2, 0.25) is 0 Å². The van der Waals surface area contributed by atoms with Crippen LogP contribution in [0, 0.1) is 0 Å². The highest BCUT2D eigenvalue weighted by atomic mass is 16.2. The highest BCUT2D eigenvalue weighted by molar-refractivity contribution is 5.93. The third-order valence-electron chi connectivity index (χ3n) is 3.64. The molecule has 1 aromatic rings. The molecular formula is C14H21N3O. The molecule has 1 aromatic carbocycles. The van der Waals surface area contributed by atoms with E-state index >= 15 is 0 Å². The number of hydrogen-bond donors (Lipinski definition) is 1. The Morgan fingerprint density at radius 2 is 2.06 bits per heavy atom. The second-order valence-corrected chi connectivity index (χ2v) is 5.12.